The summed E-state index contributed by atoms with van der Waals surface area (Å²) < 4.78 is 29.3. The molecule has 0 aliphatic rings. The van der Waals surface area contributed by atoms with Gasteiger partial charge in [0.2, 0.25) is 0 Å². The van der Waals surface area contributed by atoms with E-state index in [0.717, 1.165) is 6.20 Å². The van der Waals surface area contributed by atoms with Crippen molar-refractivity contribution in [3.63, 3.8) is 0 Å². The summed E-state index contributed by atoms with van der Waals surface area (Å²) in [6.07, 6.45) is -1.71. The lowest BCUT2D eigenvalue weighted by atomic mass is 10.2. The van der Waals surface area contributed by atoms with E-state index in [1.807, 2.05) is 0 Å². The molecule has 0 radical (unpaired) electrons. The van der Waals surface area contributed by atoms with Gasteiger partial charge in [0, 0.05) is 5.56 Å². The van der Waals surface area contributed by atoms with Crippen LogP contribution in [0.4, 0.5) is 8.78 Å². The number of aromatic nitrogens is 1. The highest BCUT2D eigenvalue weighted by Gasteiger charge is 2.17. The van der Waals surface area contributed by atoms with E-state index in [2.05, 4.69) is 4.98 Å². The molecule has 0 aliphatic heterocycles. The third-order valence-corrected chi connectivity index (χ3v) is 1.69. The van der Waals surface area contributed by atoms with Crippen molar-refractivity contribution in [3.8, 4) is 11.5 Å². The Labute approximate surface area is 74.0 Å². The summed E-state index contributed by atoms with van der Waals surface area (Å²) in [6.45, 7) is 1.42. The third-order valence-electron chi connectivity index (χ3n) is 1.69. The SMILES string of the molecule is COc1c(O)cnc(C(F)F)c1C. The summed E-state index contributed by atoms with van der Waals surface area (Å²) in [6, 6.07) is 0. The second-order valence-electron chi connectivity index (χ2n) is 2.49. The second kappa shape index (κ2) is 3.55. The molecule has 1 aromatic rings. The summed E-state index contributed by atoms with van der Waals surface area (Å²) in [7, 11) is 1.30. The molecule has 13 heavy (non-hydrogen) atoms. The molecule has 0 unspecified atom stereocenters. The van der Waals surface area contributed by atoms with Gasteiger partial charge in [0.1, 0.15) is 5.69 Å². The minimum absolute atomic E-state index is 0.0466. The molecule has 1 aromatic heterocycles. The van der Waals surface area contributed by atoms with E-state index < -0.39 is 6.43 Å². The number of pyridine rings is 1. The molecule has 1 rings (SSSR count). The molecule has 1 N–H and O–H groups in total. The highest BCUT2D eigenvalue weighted by Crippen LogP contribution is 2.33. The number of hydrogen-bond acceptors (Lipinski definition) is 3. The molecule has 0 atom stereocenters. The fraction of sp³-hybridized carbons (Fsp3) is 0.375. The van der Waals surface area contributed by atoms with Gasteiger partial charge in [-0.2, -0.15) is 0 Å². The van der Waals surface area contributed by atoms with E-state index in [1.165, 1.54) is 14.0 Å². The van der Waals surface area contributed by atoms with Crippen LogP contribution in [-0.4, -0.2) is 17.2 Å². The van der Waals surface area contributed by atoms with Crippen LogP contribution in [0.5, 0.6) is 11.5 Å². The smallest absolute Gasteiger partial charge is 0.280 e. The Morgan fingerprint density at radius 1 is 1.54 bits per heavy atom. The van der Waals surface area contributed by atoms with Gasteiger partial charge in [-0.15, -0.1) is 0 Å². The van der Waals surface area contributed by atoms with Crippen molar-refractivity contribution in [1.29, 1.82) is 0 Å². The summed E-state index contributed by atoms with van der Waals surface area (Å²) in [4.78, 5) is 3.41. The lowest BCUT2D eigenvalue weighted by Crippen LogP contribution is -1.97. The quantitative estimate of drug-likeness (QED) is 0.774. The van der Waals surface area contributed by atoms with Crippen LogP contribution in [0.3, 0.4) is 0 Å². The summed E-state index contributed by atoms with van der Waals surface area (Å²) in [5.41, 5.74) is -0.202. The highest BCUT2D eigenvalue weighted by atomic mass is 19.3. The number of halogens is 2. The van der Waals surface area contributed by atoms with Gasteiger partial charge in [-0.25, -0.2) is 8.78 Å². The first-order chi connectivity index (χ1) is 6.07. The largest absolute Gasteiger partial charge is 0.503 e. The van der Waals surface area contributed by atoms with Crippen LogP contribution in [0.1, 0.15) is 17.7 Å². The summed E-state index contributed by atoms with van der Waals surface area (Å²) >= 11 is 0. The molecule has 3 nitrogen and oxygen atoms in total. The van der Waals surface area contributed by atoms with Gasteiger partial charge in [0.05, 0.1) is 13.3 Å². The van der Waals surface area contributed by atoms with Crippen molar-refractivity contribution in [2.45, 2.75) is 13.3 Å². The molecular formula is C8H9F2NO2. The predicted octanol–water partition coefficient (Wildman–Crippen LogP) is 2.04. The van der Waals surface area contributed by atoms with E-state index in [-0.39, 0.29) is 22.8 Å². The van der Waals surface area contributed by atoms with Gasteiger partial charge in [-0.3, -0.25) is 4.98 Å². The lowest BCUT2D eigenvalue weighted by molar-refractivity contribution is 0.144. The first kappa shape index (κ1) is 9.70. The topological polar surface area (TPSA) is 42.4 Å². The predicted molar refractivity (Wildman–Crippen MR) is 42.1 cm³/mol. The zero-order chi connectivity index (χ0) is 10.0. The average Bonchev–Trinajstić information content (AvgIpc) is 2.04. The molecule has 0 fully saturated rings. The molecule has 0 saturated heterocycles. The second-order valence-corrected chi connectivity index (χ2v) is 2.49. The van der Waals surface area contributed by atoms with E-state index in [4.69, 9.17) is 9.84 Å². The van der Waals surface area contributed by atoms with Crippen LogP contribution in [-0.2, 0) is 0 Å². The van der Waals surface area contributed by atoms with Crippen LogP contribution in [0, 0.1) is 6.92 Å². The summed E-state index contributed by atoms with van der Waals surface area (Å²) in [5.74, 6) is -0.185. The minimum Gasteiger partial charge on any atom is -0.503 e. The molecule has 5 heteroatoms. The molecule has 0 spiro atoms. The monoisotopic (exact) mass is 189 g/mol. The molecule has 0 amide bonds. The van der Waals surface area contributed by atoms with E-state index in [0.29, 0.717) is 0 Å². The van der Waals surface area contributed by atoms with Crippen molar-refractivity contribution < 1.29 is 18.6 Å². The Kier molecular flexibility index (Phi) is 2.65. The van der Waals surface area contributed by atoms with Crippen molar-refractivity contribution in [3.05, 3.63) is 17.5 Å². The van der Waals surface area contributed by atoms with Gasteiger partial charge in [0.15, 0.2) is 11.5 Å². The normalized spacial score (nSPS) is 10.5. The Morgan fingerprint density at radius 3 is 2.62 bits per heavy atom. The third kappa shape index (κ3) is 1.68. The maximum atomic E-state index is 12.3. The molecule has 0 bridgehead atoms. The van der Waals surface area contributed by atoms with Crippen LogP contribution < -0.4 is 4.74 Å². The van der Waals surface area contributed by atoms with Gasteiger partial charge in [-0.05, 0) is 6.92 Å². The van der Waals surface area contributed by atoms with Crippen molar-refractivity contribution >= 4 is 0 Å². The van der Waals surface area contributed by atoms with Gasteiger partial charge in [0.25, 0.3) is 6.43 Å². The zero-order valence-corrected chi connectivity index (χ0v) is 7.21. The lowest BCUT2D eigenvalue weighted by Gasteiger charge is -2.09. The van der Waals surface area contributed by atoms with Crippen LogP contribution in [0.15, 0.2) is 6.20 Å². The van der Waals surface area contributed by atoms with Crippen LogP contribution in [0.25, 0.3) is 0 Å². The molecular weight excluding hydrogens is 180 g/mol. The molecule has 0 saturated carbocycles. The molecule has 1 heterocycles. The maximum absolute atomic E-state index is 12.3. The van der Waals surface area contributed by atoms with Gasteiger partial charge in [-0.1, -0.05) is 0 Å². The number of hydrogen-bond donors (Lipinski definition) is 1. The number of ether oxygens (including phenoxy) is 1. The van der Waals surface area contributed by atoms with E-state index >= 15 is 0 Å². The fourth-order valence-electron chi connectivity index (χ4n) is 1.07. The first-order valence-corrected chi connectivity index (χ1v) is 3.58. The number of alkyl halides is 2. The van der Waals surface area contributed by atoms with E-state index in [9.17, 15) is 8.78 Å². The number of nitrogens with zero attached hydrogens (tertiary/aromatic N) is 1. The minimum atomic E-state index is -2.66. The summed E-state index contributed by atoms with van der Waals surface area (Å²) in [5, 5.41) is 9.17. The Balaban J connectivity index is 3.27. The number of methoxy groups -OCH3 is 1. The molecule has 0 aliphatic carbocycles. The standard InChI is InChI=1S/C8H9F2NO2/c1-4-6(8(9)10)11-3-5(12)7(4)13-2/h3,8,12H,1-2H3. The number of aromatic hydroxyl groups is 1. The van der Waals surface area contributed by atoms with Gasteiger partial charge < -0.3 is 9.84 Å². The van der Waals surface area contributed by atoms with Crippen molar-refractivity contribution in [1.82, 2.24) is 4.98 Å². The Bertz CT molecular complexity index is 315. The Hall–Kier alpha value is -1.39. The maximum Gasteiger partial charge on any atom is 0.280 e. The van der Waals surface area contributed by atoms with Crippen molar-refractivity contribution in [2.24, 2.45) is 0 Å². The first-order valence-electron chi connectivity index (χ1n) is 3.58. The highest BCUT2D eigenvalue weighted by molar-refractivity contribution is 5.45. The Morgan fingerprint density at radius 2 is 2.15 bits per heavy atom. The molecule has 0 aromatic carbocycles. The van der Waals surface area contributed by atoms with Crippen LogP contribution in [0.2, 0.25) is 0 Å². The zero-order valence-electron chi connectivity index (χ0n) is 7.21. The van der Waals surface area contributed by atoms with Crippen LogP contribution >= 0.6 is 0 Å². The molecule has 72 valence electrons. The number of rotatable bonds is 2. The van der Waals surface area contributed by atoms with Gasteiger partial charge >= 0.3 is 0 Å². The fourth-order valence-corrected chi connectivity index (χ4v) is 1.07. The van der Waals surface area contributed by atoms with Crippen molar-refractivity contribution in [2.75, 3.05) is 7.11 Å². The average molecular weight is 189 g/mol. The van der Waals surface area contributed by atoms with E-state index in [1.54, 1.807) is 0 Å².